The molecule has 2 rings (SSSR count). The Labute approximate surface area is 109 Å². The fraction of sp³-hybridized carbons (Fsp3) is 0.533. The summed E-state index contributed by atoms with van der Waals surface area (Å²) in [5.41, 5.74) is 1.24. The van der Waals surface area contributed by atoms with E-state index in [0.717, 1.165) is 13.0 Å². The van der Waals surface area contributed by atoms with E-state index < -0.39 is 0 Å². The summed E-state index contributed by atoms with van der Waals surface area (Å²) in [4.78, 5) is 14.3. The van der Waals surface area contributed by atoms with Crippen molar-refractivity contribution in [3.05, 3.63) is 35.9 Å². The van der Waals surface area contributed by atoms with Crippen molar-refractivity contribution >= 4 is 5.91 Å². The molecule has 0 unspecified atom stereocenters. The SMILES string of the molecule is CN[C@H]1C[C@@H](c2ccccc2)N(CC(C)C)C1=O. The second-order valence-electron chi connectivity index (χ2n) is 5.39. The highest BCUT2D eigenvalue weighted by atomic mass is 16.2. The number of carbonyl (C=O) groups excluding carboxylic acids is 1. The second kappa shape index (κ2) is 5.53. The molecular weight excluding hydrogens is 224 g/mol. The number of hydrogen-bond acceptors (Lipinski definition) is 2. The molecule has 0 bridgehead atoms. The van der Waals surface area contributed by atoms with Gasteiger partial charge in [0, 0.05) is 6.54 Å². The molecule has 0 spiro atoms. The van der Waals surface area contributed by atoms with Crippen LogP contribution < -0.4 is 5.32 Å². The predicted octanol–water partition coefficient (Wildman–Crippen LogP) is 2.20. The molecule has 3 nitrogen and oxygen atoms in total. The molecule has 1 aromatic carbocycles. The molecule has 2 atom stereocenters. The molecule has 18 heavy (non-hydrogen) atoms. The largest absolute Gasteiger partial charge is 0.334 e. The molecule has 0 aliphatic carbocycles. The third-order valence-electron chi connectivity index (χ3n) is 3.51. The van der Waals surface area contributed by atoms with Crippen LogP contribution in [0.15, 0.2) is 30.3 Å². The zero-order valence-corrected chi connectivity index (χ0v) is 11.4. The fourth-order valence-electron chi connectivity index (χ4n) is 2.65. The average molecular weight is 246 g/mol. The Morgan fingerprint density at radius 2 is 2.00 bits per heavy atom. The minimum Gasteiger partial charge on any atom is -0.334 e. The molecule has 1 aliphatic heterocycles. The van der Waals surface area contributed by atoms with Crippen LogP contribution in [0.25, 0.3) is 0 Å². The van der Waals surface area contributed by atoms with Crippen LogP contribution in [-0.4, -0.2) is 30.4 Å². The summed E-state index contributed by atoms with van der Waals surface area (Å²) in [6.07, 6.45) is 0.867. The van der Waals surface area contributed by atoms with E-state index in [4.69, 9.17) is 0 Å². The molecular formula is C15H22N2O. The van der Waals surface area contributed by atoms with Gasteiger partial charge in [0.1, 0.15) is 0 Å². The van der Waals surface area contributed by atoms with Gasteiger partial charge in [0.25, 0.3) is 0 Å². The van der Waals surface area contributed by atoms with Crippen LogP contribution in [0, 0.1) is 5.92 Å². The smallest absolute Gasteiger partial charge is 0.240 e. The van der Waals surface area contributed by atoms with Crippen molar-refractivity contribution < 1.29 is 4.79 Å². The summed E-state index contributed by atoms with van der Waals surface area (Å²) in [5, 5.41) is 3.13. The summed E-state index contributed by atoms with van der Waals surface area (Å²) in [5.74, 6) is 0.732. The van der Waals surface area contributed by atoms with Crippen molar-refractivity contribution in [3.8, 4) is 0 Å². The van der Waals surface area contributed by atoms with E-state index in [1.54, 1.807) is 0 Å². The maximum Gasteiger partial charge on any atom is 0.240 e. The Morgan fingerprint density at radius 3 is 2.56 bits per heavy atom. The number of amides is 1. The summed E-state index contributed by atoms with van der Waals surface area (Å²) in [6.45, 7) is 5.14. The van der Waals surface area contributed by atoms with Gasteiger partial charge in [-0.3, -0.25) is 4.79 Å². The second-order valence-corrected chi connectivity index (χ2v) is 5.39. The zero-order chi connectivity index (χ0) is 13.1. The van der Waals surface area contributed by atoms with Crippen molar-refractivity contribution in [1.82, 2.24) is 10.2 Å². The number of benzene rings is 1. The standard InChI is InChI=1S/C15H22N2O/c1-11(2)10-17-14(9-13(16-3)15(17)18)12-7-5-4-6-8-12/h4-8,11,13-14,16H,9-10H2,1-3H3/t13-,14-/m0/s1. The van der Waals surface area contributed by atoms with Crippen LogP contribution >= 0.6 is 0 Å². The molecule has 1 saturated heterocycles. The predicted molar refractivity (Wildman–Crippen MR) is 73.2 cm³/mol. The first-order chi connectivity index (χ1) is 8.63. The lowest BCUT2D eigenvalue weighted by Gasteiger charge is -2.26. The minimum atomic E-state index is -0.0334. The van der Waals surface area contributed by atoms with E-state index in [1.807, 2.05) is 30.1 Å². The van der Waals surface area contributed by atoms with E-state index in [1.165, 1.54) is 5.56 Å². The van der Waals surface area contributed by atoms with Crippen LogP contribution in [0.2, 0.25) is 0 Å². The number of likely N-dealkylation sites (N-methyl/N-ethyl adjacent to an activating group) is 1. The highest BCUT2D eigenvalue weighted by molar-refractivity contribution is 5.84. The van der Waals surface area contributed by atoms with E-state index in [0.29, 0.717) is 5.92 Å². The quantitative estimate of drug-likeness (QED) is 0.883. The Hall–Kier alpha value is -1.35. The number of nitrogens with zero attached hydrogens (tertiary/aromatic N) is 1. The number of nitrogens with one attached hydrogen (secondary N) is 1. The van der Waals surface area contributed by atoms with Crippen molar-refractivity contribution in [2.75, 3.05) is 13.6 Å². The summed E-state index contributed by atoms with van der Waals surface area (Å²) >= 11 is 0. The topological polar surface area (TPSA) is 32.3 Å². The zero-order valence-electron chi connectivity index (χ0n) is 11.4. The van der Waals surface area contributed by atoms with Gasteiger partial charge in [-0.15, -0.1) is 0 Å². The van der Waals surface area contributed by atoms with E-state index >= 15 is 0 Å². The molecule has 3 heteroatoms. The van der Waals surface area contributed by atoms with Gasteiger partial charge in [-0.25, -0.2) is 0 Å². The maximum absolute atomic E-state index is 12.3. The van der Waals surface area contributed by atoms with Crippen molar-refractivity contribution in [2.45, 2.75) is 32.4 Å². The number of likely N-dealkylation sites (tertiary alicyclic amines) is 1. The van der Waals surface area contributed by atoms with Crippen molar-refractivity contribution in [2.24, 2.45) is 5.92 Å². The molecule has 0 saturated carbocycles. The molecule has 1 aliphatic rings. The van der Waals surface area contributed by atoms with E-state index in [2.05, 4.69) is 31.3 Å². The van der Waals surface area contributed by atoms with Gasteiger partial charge in [-0.1, -0.05) is 44.2 Å². The lowest BCUT2D eigenvalue weighted by molar-refractivity contribution is -0.131. The van der Waals surface area contributed by atoms with Crippen molar-refractivity contribution in [3.63, 3.8) is 0 Å². The highest BCUT2D eigenvalue weighted by Gasteiger charge is 2.39. The van der Waals surface area contributed by atoms with Gasteiger partial charge in [-0.05, 0) is 24.9 Å². The monoisotopic (exact) mass is 246 g/mol. The molecule has 0 aromatic heterocycles. The van der Waals surface area contributed by atoms with Crippen LogP contribution in [0.3, 0.4) is 0 Å². The van der Waals surface area contributed by atoms with Crippen LogP contribution in [-0.2, 0) is 4.79 Å². The average Bonchev–Trinajstić information content (AvgIpc) is 2.67. The summed E-state index contributed by atoms with van der Waals surface area (Å²) in [7, 11) is 1.86. The fourth-order valence-corrected chi connectivity index (χ4v) is 2.65. The van der Waals surface area contributed by atoms with Gasteiger partial charge >= 0.3 is 0 Å². The first kappa shape index (κ1) is 13.1. The third kappa shape index (κ3) is 2.56. The Bertz CT molecular complexity index is 402. The van der Waals surface area contributed by atoms with Crippen LogP contribution in [0.4, 0.5) is 0 Å². The van der Waals surface area contributed by atoms with Gasteiger partial charge < -0.3 is 10.2 Å². The third-order valence-corrected chi connectivity index (χ3v) is 3.51. The number of rotatable bonds is 4. The van der Waals surface area contributed by atoms with Crippen LogP contribution in [0.1, 0.15) is 31.9 Å². The molecule has 1 N–H and O–H groups in total. The Morgan fingerprint density at radius 1 is 1.33 bits per heavy atom. The van der Waals surface area contributed by atoms with E-state index in [9.17, 15) is 4.79 Å². The summed E-state index contributed by atoms with van der Waals surface area (Å²) in [6, 6.07) is 10.5. The number of hydrogen-bond donors (Lipinski definition) is 1. The molecule has 1 aromatic rings. The molecule has 1 amide bonds. The van der Waals surface area contributed by atoms with Crippen molar-refractivity contribution in [1.29, 1.82) is 0 Å². The maximum atomic E-state index is 12.3. The minimum absolute atomic E-state index is 0.0334. The lowest BCUT2D eigenvalue weighted by atomic mass is 10.0. The normalized spacial score (nSPS) is 24.0. The Kier molecular flexibility index (Phi) is 4.02. The van der Waals surface area contributed by atoms with Gasteiger partial charge in [0.15, 0.2) is 0 Å². The van der Waals surface area contributed by atoms with Crippen LogP contribution in [0.5, 0.6) is 0 Å². The van der Waals surface area contributed by atoms with Gasteiger partial charge in [-0.2, -0.15) is 0 Å². The first-order valence-electron chi connectivity index (χ1n) is 6.66. The number of carbonyl (C=O) groups is 1. The van der Waals surface area contributed by atoms with Gasteiger partial charge in [0.2, 0.25) is 5.91 Å². The first-order valence-corrected chi connectivity index (χ1v) is 6.66. The molecule has 1 heterocycles. The molecule has 1 fully saturated rings. The Balaban J connectivity index is 2.24. The lowest BCUT2D eigenvalue weighted by Crippen LogP contribution is -2.38. The highest BCUT2D eigenvalue weighted by Crippen LogP contribution is 2.33. The van der Waals surface area contributed by atoms with Gasteiger partial charge in [0.05, 0.1) is 12.1 Å². The molecule has 0 radical (unpaired) electrons. The summed E-state index contributed by atoms with van der Waals surface area (Å²) < 4.78 is 0. The molecule has 98 valence electrons. The van der Waals surface area contributed by atoms with E-state index in [-0.39, 0.29) is 18.0 Å².